The van der Waals surface area contributed by atoms with E-state index >= 15 is 0 Å². The number of hydrogen-bond donors (Lipinski definition) is 1. The number of likely N-dealkylation sites (tertiary alicyclic amines) is 1. The Balaban J connectivity index is 1.35. The van der Waals surface area contributed by atoms with E-state index in [0.29, 0.717) is 12.0 Å². The molecule has 34 heavy (non-hydrogen) atoms. The number of piperidine rings is 1. The van der Waals surface area contributed by atoms with Crippen molar-refractivity contribution in [2.75, 3.05) is 25.5 Å². The summed E-state index contributed by atoms with van der Waals surface area (Å²) >= 11 is 7.74. The third-order valence-corrected chi connectivity index (χ3v) is 7.91. The molecule has 3 aromatic carbocycles. The van der Waals surface area contributed by atoms with Gasteiger partial charge in [0.1, 0.15) is 0 Å². The number of carbonyl (C=O) groups excluding carboxylic acids is 1. The van der Waals surface area contributed by atoms with Crippen LogP contribution in [0.3, 0.4) is 0 Å². The number of benzene rings is 3. The summed E-state index contributed by atoms with van der Waals surface area (Å²) < 4.78 is 4.73. The minimum absolute atomic E-state index is 0.379. The highest BCUT2D eigenvalue weighted by molar-refractivity contribution is 7.99. The second-order valence-electron chi connectivity index (χ2n) is 8.80. The number of nitrogens with one attached hydrogen (secondary N) is 1. The third-order valence-electron chi connectivity index (χ3n) is 6.64. The number of amides is 1. The van der Waals surface area contributed by atoms with Gasteiger partial charge in [-0.2, -0.15) is 0 Å². The highest BCUT2D eigenvalue weighted by Crippen LogP contribution is 2.36. The predicted molar refractivity (Wildman–Crippen MR) is 141 cm³/mol. The van der Waals surface area contributed by atoms with Gasteiger partial charge in [0.05, 0.1) is 7.11 Å². The van der Waals surface area contributed by atoms with Crippen LogP contribution < -0.4 is 5.32 Å². The summed E-state index contributed by atoms with van der Waals surface area (Å²) in [5.74, 6) is 0.501. The molecule has 1 amide bonds. The first-order valence-corrected chi connectivity index (χ1v) is 12.9. The number of methoxy groups -OCH3 is 1. The van der Waals surface area contributed by atoms with Crippen LogP contribution in [0.25, 0.3) is 0 Å². The fourth-order valence-corrected chi connectivity index (χ4v) is 5.53. The number of halogens is 1. The molecule has 0 spiro atoms. The molecule has 4 rings (SSSR count). The van der Waals surface area contributed by atoms with Crippen molar-refractivity contribution in [3.8, 4) is 0 Å². The van der Waals surface area contributed by atoms with Crippen LogP contribution in [-0.4, -0.2) is 31.2 Å². The second-order valence-corrected chi connectivity index (χ2v) is 10.4. The zero-order chi connectivity index (χ0) is 24.1. The van der Waals surface area contributed by atoms with Gasteiger partial charge < -0.3 is 4.74 Å². The molecule has 1 atom stereocenters. The van der Waals surface area contributed by atoms with Crippen molar-refractivity contribution in [2.45, 2.75) is 48.4 Å². The lowest BCUT2D eigenvalue weighted by Crippen LogP contribution is -2.35. The summed E-state index contributed by atoms with van der Waals surface area (Å²) in [6, 6.07) is 23.4. The van der Waals surface area contributed by atoms with Gasteiger partial charge in [-0.3, -0.25) is 10.2 Å². The molecule has 4 nitrogen and oxygen atoms in total. The molecule has 0 bridgehead atoms. The van der Waals surface area contributed by atoms with E-state index in [1.807, 2.05) is 18.2 Å². The van der Waals surface area contributed by atoms with E-state index in [4.69, 9.17) is 16.3 Å². The van der Waals surface area contributed by atoms with E-state index in [1.165, 1.54) is 33.6 Å². The minimum Gasteiger partial charge on any atom is -0.453 e. The Labute approximate surface area is 211 Å². The predicted octanol–water partition coefficient (Wildman–Crippen LogP) is 7.92. The Bertz CT molecular complexity index is 1110. The van der Waals surface area contributed by atoms with Crippen molar-refractivity contribution in [2.24, 2.45) is 0 Å². The smallest absolute Gasteiger partial charge is 0.411 e. The summed E-state index contributed by atoms with van der Waals surface area (Å²) in [6.45, 7) is 6.56. The standard InChI is InChI=1S/C28H31ClN2O2S/c1-19-4-9-24(30-28(32)33-3)18-27(19)22-14-16-31(17-15-22)20(2)21-5-10-25(11-6-21)34-26-12-7-23(29)8-13-26/h4-13,18,20,22H,14-17H2,1-3H3,(H,30,32). The van der Waals surface area contributed by atoms with Gasteiger partial charge in [0.2, 0.25) is 0 Å². The topological polar surface area (TPSA) is 41.6 Å². The van der Waals surface area contributed by atoms with Crippen molar-refractivity contribution in [1.29, 1.82) is 0 Å². The second kappa shape index (κ2) is 11.3. The summed E-state index contributed by atoms with van der Waals surface area (Å²) in [5.41, 5.74) is 4.74. The van der Waals surface area contributed by atoms with Crippen molar-refractivity contribution < 1.29 is 9.53 Å². The van der Waals surface area contributed by atoms with Gasteiger partial charge in [-0.25, -0.2) is 4.79 Å². The summed E-state index contributed by atoms with van der Waals surface area (Å²) in [4.78, 5) is 16.6. The van der Waals surface area contributed by atoms with Crippen molar-refractivity contribution in [3.63, 3.8) is 0 Å². The number of carbonyl (C=O) groups is 1. The first-order chi connectivity index (χ1) is 16.4. The molecule has 1 heterocycles. The van der Waals surface area contributed by atoms with E-state index in [2.05, 4.69) is 72.6 Å². The molecule has 1 fully saturated rings. The van der Waals surface area contributed by atoms with Gasteiger partial charge in [-0.05, 0) is 111 Å². The number of rotatable bonds is 6. The fraction of sp³-hybridized carbons (Fsp3) is 0.321. The van der Waals surface area contributed by atoms with Gasteiger partial charge >= 0.3 is 6.09 Å². The van der Waals surface area contributed by atoms with Crippen molar-refractivity contribution in [1.82, 2.24) is 4.90 Å². The monoisotopic (exact) mass is 494 g/mol. The van der Waals surface area contributed by atoms with Gasteiger partial charge in [0.25, 0.3) is 0 Å². The number of ether oxygens (including phenoxy) is 1. The molecule has 1 unspecified atom stereocenters. The molecule has 6 heteroatoms. The van der Waals surface area contributed by atoms with Gasteiger partial charge in [-0.15, -0.1) is 0 Å². The normalized spacial score (nSPS) is 15.6. The zero-order valence-corrected chi connectivity index (χ0v) is 21.5. The Hall–Kier alpha value is -2.47. The molecule has 0 aliphatic carbocycles. The molecule has 1 N–H and O–H groups in total. The molecular weight excluding hydrogens is 464 g/mol. The van der Waals surface area contributed by atoms with E-state index < -0.39 is 6.09 Å². The Morgan fingerprint density at radius 2 is 1.65 bits per heavy atom. The van der Waals surface area contributed by atoms with Crippen LogP contribution in [-0.2, 0) is 4.74 Å². The molecule has 3 aromatic rings. The lowest BCUT2D eigenvalue weighted by atomic mass is 9.86. The Kier molecular flexibility index (Phi) is 8.19. The first-order valence-electron chi connectivity index (χ1n) is 11.7. The van der Waals surface area contributed by atoms with Crippen molar-refractivity contribution in [3.05, 3.63) is 88.4 Å². The number of nitrogens with zero attached hydrogens (tertiary/aromatic N) is 1. The van der Waals surface area contributed by atoms with Crippen molar-refractivity contribution >= 4 is 35.1 Å². The molecule has 1 saturated heterocycles. The van der Waals surface area contributed by atoms with Crippen LogP contribution in [0, 0.1) is 6.92 Å². The third kappa shape index (κ3) is 6.15. The van der Waals surface area contributed by atoms with E-state index in [1.54, 1.807) is 11.8 Å². The summed E-state index contributed by atoms with van der Waals surface area (Å²) in [7, 11) is 1.38. The molecule has 0 aromatic heterocycles. The molecule has 0 radical (unpaired) electrons. The van der Waals surface area contributed by atoms with Crippen LogP contribution >= 0.6 is 23.4 Å². The minimum atomic E-state index is -0.434. The van der Waals surface area contributed by atoms with Gasteiger partial charge in [-0.1, -0.05) is 41.6 Å². The molecule has 1 aliphatic heterocycles. The van der Waals surface area contributed by atoms with Gasteiger partial charge in [0.15, 0.2) is 0 Å². The lowest BCUT2D eigenvalue weighted by molar-refractivity contribution is 0.162. The van der Waals surface area contributed by atoms with E-state index in [0.717, 1.165) is 36.6 Å². The van der Waals surface area contributed by atoms with E-state index in [-0.39, 0.29) is 0 Å². The Morgan fingerprint density at radius 3 is 2.26 bits per heavy atom. The first kappa shape index (κ1) is 24.6. The number of anilines is 1. The zero-order valence-electron chi connectivity index (χ0n) is 19.9. The van der Waals surface area contributed by atoms with E-state index in [9.17, 15) is 4.79 Å². The quantitative estimate of drug-likeness (QED) is 0.378. The summed E-state index contributed by atoms with van der Waals surface area (Å²) in [5, 5.41) is 3.55. The highest BCUT2D eigenvalue weighted by atomic mass is 35.5. The summed E-state index contributed by atoms with van der Waals surface area (Å²) in [6.07, 6.45) is 1.78. The Morgan fingerprint density at radius 1 is 1.03 bits per heavy atom. The van der Waals surface area contributed by atoms with Crippen LogP contribution in [0.15, 0.2) is 76.5 Å². The molecule has 1 aliphatic rings. The van der Waals surface area contributed by atoms with Crippen LogP contribution in [0.4, 0.5) is 10.5 Å². The molecule has 0 saturated carbocycles. The largest absolute Gasteiger partial charge is 0.453 e. The van der Waals surface area contributed by atoms with Crippen LogP contribution in [0.5, 0.6) is 0 Å². The average molecular weight is 495 g/mol. The molecule has 178 valence electrons. The maximum atomic E-state index is 11.6. The average Bonchev–Trinajstić information content (AvgIpc) is 2.86. The van der Waals surface area contributed by atoms with Gasteiger partial charge in [0, 0.05) is 26.5 Å². The maximum absolute atomic E-state index is 11.6. The SMILES string of the molecule is COC(=O)Nc1ccc(C)c(C2CCN(C(C)c3ccc(Sc4ccc(Cl)cc4)cc3)CC2)c1. The number of hydrogen-bond acceptors (Lipinski definition) is 4. The van der Waals surface area contributed by atoms with Crippen LogP contribution in [0.1, 0.15) is 48.4 Å². The lowest BCUT2D eigenvalue weighted by Gasteiger charge is -2.37. The number of aryl methyl sites for hydroxylation is 1. The highest BCUT2D eigenvalue weighted by Gasteiger charge is 2.25. The maximum Gasteiger partial charge on any atom is 0.411 e. The van der Waals surface area contributed by atoms with Crippen LogP contribution in [0.2, 0.25) is 5.02 Å². The fourth-order valence-electron chi connectivity index (χ4n) is 4.59. The molecular formula is C28H31ClN2O2S.